The standard InChI is InChI=1S/Bi.3BrO/c;3*1-2/q+3;3*-1. The van der Waals surface area contributed by atoms with Gasteiger partial charge in [-0.25, -0.2) is 48.8 Å². The Kier molecular flexibility index (Phi) is 287. The van der Waals surface area contributed by atoms with Crippen LogP contribution >= 0.6 is 48.8 Å². The molecule has 0 aliphatic rings. The summed E-state index contributed by atoms with van der Waals surface area (Å²) in [6, 6.07) is 0. The molecule has 0 fully saturated rings. The van der Waals surface area contributed by atoms with Gasteiger partial charge in [0.05, 0.1) is 0 Å². The number of rotatable bonds is 0. The summed E-state index contributed by atoms with van der Waals surface area (Å²) in [5, 5.41) is 0. The molecule has 0 aliphatic heterocycles. The molecule has 0 saturated heterocycles. The molecule has 0 spiro atoms. The van der Waals surface area contributed by atoms with Crippen molar-refractivity contribution >= 4 is 75.0 Å². The summed E-state index contributed by atoms with van der Waals surface area (Å²) in [5.41, 5.74) is 0. The fraction of sp³-hybridized carbons (Fsp3) is 0. The normalized spacial score (nSPS) is 2.57. The molecule has 0 atom stereocenters. The van der Waals surface area contributed by atoms with Crippen LogP contribution in [0.1, 0.15) is 0 Å². The molecule has 0 aromatic carbocycles. The Labute approximate surface area is 86.6 Å². The molecule has 0 unspecified atom stereocenters. The SMILES string of the molecule is [Bi+3].[O-]Br.[O-]Br.[O-]Br. The quantitative estimate of drug-likeness (QED) is 0.387. The summed E-state index contributed by atoms with van der Waals surface area (Å²) >= 11 is 5.06. The van der Waals surface area contributed by atoms with E-state index in [0.717, 1.165) is 0 Å². The average Bonchev–Trinajstić information content (AvgIpc) is 1.81. The second-order valence-corrected chi connectivity index (χ2v) is 0. The van der Waals surface area contributed by atoms with Gasteiger partial charge in [-0.3, -0.25) is 0 Å². The molecule has 0 rings (SSSR count). The largest absolute Gasteiger partial charge is 3.00 e. The van der Waals surface area contributed by atoms with Crippen molar-refractivity contribution in [3.05, 3.63) is 0 Å². The first-order valence-corrected chi connectivity index (χ1v) is 2.41. The summed E-state index contributed by atoms with van der Waals surface area (Å²) in [7, 11) is 0. The molecule has 0 heterocycles. The summed E-state index contributed by atoms with van der Waals surface area (Å²) in [4.78, 5) is 0. The molecule has 0 aliphatic carbocycles. The van der Waals surface area contributed by atoms with Gasteiger partial charge in [-0.05, 0) is 0 Å². The van der Waals surface area contributed by atoms with Crippen LogP contribution in [-0.4, -0.2) is 26.2 Å². The monoisotopic (exact) mass is 494 g/mol. The van der Waals surface area contributed by atoms with Gasteiger partial charge >= 0.3 is 26.2 Å². The molecule has 44 valence electrons. The summed E-state index contributed by atoms with van der Waals surface area (Å²) in [6.07, 6.45) is 0. The predicted octanol–water partition coefficient (Wildman–Crippen LogP) is -1.41. The minimum atomic E-state index is 0. The van der Waals surface area contributed by atoms with E-state index in [-0.39, 0.29) is 26.2 Å². The molecule has 3 nitrogen and oxygen atoms in total. The third-order valence-corrected chi connectivity index (χ3v) is 0. The molecule has 0 saturated carbocycles. The van der Waals surface area contributed by atoms with Crippen molar-refractivity contribution in [2.75, 3.05) is 0 Å². The van der Waals surface area contributed by atoms with Crippen LogP contribution in [0.25, 0.3) is 0 Å². The fourth-order valence-electron chi connectivity index (χ4n) is 0. The molecule has 0 bridgehead atoms. The van der Waals surface area contributed by atoms with Crippen LogP contribution in [0.4, 0.5) is 0 Å². The Morgan fingerprint density at radius 1 is 0.571 bits per heavy atom. The van der Waals surface area contributed by atoms with Gasteiger partial charge in [-0.1, -0.05) is 0 Å². The summed E-state index contributed by atoms with van der Waals surface area (Å²) < 4.78 is 24.2. The van der Waals surface area contributed by atoms with Crippen molar-refractivity contribution < 1.29 is 12.6 Å². The van der Waals surface area contributed by atoms with Crippen LogP contribution in [0.3, 0.4) is 0 Å². The van der Waals surface area contributed by atoms with E-state index >= 15 is 0 Å². The van der Waals surface area contributed by atoms with Gasteiger partial charge in [0.2, 0.25) is 0 Å². The van der Waals surface area contributed by atoms with Gasteiger partial charge in [0.15, 0.2) is 0 Å². The van der Waals surface area contributed by atoms with Gasteiger partial charge in [-0.2, -0.15) is 0 Å². The summed E-state index contributed by atoms with van der Waals surface area (Å²) in [6.45, 7) is 0. The van der Waals surface area contributed by atoms with E-state index in [4.69, 9.17) is 12.6 Å². The van der Waals surface area contributed by atoms with Crippen molar-refractivity contribution in [3.63, 3.8) is 0 Å². The van der Waals surface area contributed by atoms with E-state index in [0.29, 0.717) is 0 Å². The van der Waals surface area contributed by atoms with Crippen LogP contribution in [-0.2, 0) is 0 Å². The second kappa shape index (κ2) is 87.7. The van der Waals surface area contributed by atoms with Gasteiger partial charge in [0.1, 0.15) is 0 Å². The van der Waals surface area contributed by atoms with Crippen molar-refractivity contribution in [3.8, 4) is 0 Å². The van der Waals surface area contributed by atoms with Crippen LogP contribution in [0, 0.1) is 0 Å². The van der Waals surface area contributed by atoms with Gasteiger partial charge < -0.3 is 12.6 Å². The first kappa shape index (κ1) is 22.9. The number of hydrogen-bond acceptors (Lipinski definition) is 3. The summed E-state index contributed by atoms with van der Waals surface area (Å²) in [5.74, 6) is 0. The maximum absolute atomic E-state index is 8.06. The van der Waals surface area contributed by atoms with Gasteiger partial charge in [0, 0.05) is 0 Å². The van der Waals surface area contributed by atoms with Gasteiger partial charge in [-0.15, -0.1) is 0 Å². The third kappa shape index (κ3) is 65.0. The first-order valence-electron chi connectivity index (χ1n) is 0.463. The number of halogens is 3. The van der Waals surface area contributed by atoms with E-state index in [1.54, 1.807) is 48.8 Å². The van der Waals surface area contributed by atoms with E-state index in [9.17, 15) is 0 Å². The van der Waals surface area contributed by atoms with Crippen molar-refractivity contribution in [1.82, 2.24) is 0 Å². The molecule has 0 N–H and O–H groups in total. The van der Waals surface area contributed by atoms with Crippen LogP contribution in [0.5, 0.6) is 0 Å². The number of hydrogen-bond donors (Lipinski definition) is 0. The molecule has 0 aromatic heterocycles. The molecular weight excluding hydrogens is 497 g/mol. The third-order valence-electron chi connectivity index (χ3n) is 0. The van der Waals surface area contributed by atoms with Gasteiger partial charge in [0.25, 0.3) is 0 Å². The van der Waals surface area contributed by atoms with Crippen molar-refractivity contribution in [2.24, 2.45) is 0 Å². The minimum Gasteiger partial charge on any atom is -0.791 e. The smallest absolute Gasteiger partial charge is 0.791 e. The fourth-order valence-corrected chi connectivity index (χ4v) is 0. The Balaban J connectivity index is -0.00000000900. The van der Waals surface area contributed by atoms with E-state index in [1.165, 1.54) is 0 Å². The minimum absolute atomic E-state index is 0. The van der Waals surface area contributed by atoms with Crippen molar-refractivity contribution in [1.29, 1.82) is 0 Å². The Hall–Kier alpha value is 2.20. The Morgan fingerprint density at radius 3 is 0.571 bits per heavy atom. The maximum Gasteiger partial charge on any atom is 3.00 e. The topological polar surface area (TPSA) is 69.2 Å². The maximum atomic E-state index is 8.06. The zero-order valence-electron chi connectivity index (χ0n) is 2.81. The Morgan fingerprint density at radius 2 is 0.571 bits per heavy atom. The van der Waals surface area contributed by atoms with E-state index in [1.807, 2.05) is 0 Å². The molecular formula is BiBr3O3. The zero-order valence-corrected chi connectivity index (χ0v) is 11.0. The first-order chi connectivity index (χ1) is 3.00. The second-order valence-electron chi connectivity index (χ2n) is 0. The molecule has 7 heteroatoms. The van der Waals surface area contributed by atoms with E-state index in [2.05, 4.69) is 0 Å². The molecule has 0 amide bonds. The van der Waals surface area contributed by atoms with Crippen LogP contribution < -0.4 is 12.6 Å². The van der Waals surface area contributed by atoms with Crippen molar-refractivity contribution in [2.45, 2.75) is 0 Å². The predicted molar refractivity (Wildman–Crippen MR) is 32.5 cm³/mol. The zero-order chi connectivity index (χ0) is 6.00. The van der Waals surface area contributed by atoms with Crippen LogP contribution in [0.15, 0.2) is 0 Å². The molecule has 2 radical (unpaired) electrons. The average molecular weight is 497 g/mol. The van der Waals surface area contributed by atoms with Crippen LogP contribution in [0.2, 0.25) is 0 Å². The molecule has 0 aromatic rings. The Bertz CT molecular complexity index is 10.1. The van der Waals surface area contributed by atoms with E-state index < -0.39 is 0 Å². The molecule has 7 heavy (non-hydrogen) atoms.